The van der Waals surface area contributed by atoms with Crippen molar-refractivity contribution in [1.82, 2.24) is 19.5 Å². The van der Waals surface area contributed by atoms with Crippen LogP contribution in [0, 0.1) is 0 Å². The number of nitrogens with zero attached hydrogens (tertiary/aromatic N) is 4. The van der Waals surface area contributed by atoms with Gasteiger partial charge in [0.25, 0.3) is 5.91 Å². The van der Waals surface area contributed by atoms with Crippen molar-refractivity contribution in [3.8, 4) is 0 Å². The van der Waals surface area contributed by atoms with Crippen molar-refractivity contribution in [3.05, 3.63) is 48.5 Å². The van der Waals surface area contributed by atoms with Crippen LogP contribution in [0.1, 0.15) is 29.4 Å². The molecule has 0 aliphatic carbocycles. The number of aromatic nitrogens is 4. The molecule has 2 N–H and O–H groups in total. The summed E-state index contributed by atoms with van der Waals surface area (Å²) in [6.45, 7) is -3.08. The number of amides is 1. The molecule has 0 radical (unpaired) electrons. The summed E-state index contributed by atoms with van der Waals surface area (Å²) in [5.74, 6) is 0.0453. The summed E-state index contributed by atoms with van der Waals surface area (Å²) < 4.78 is 17.8. The predicted molar refractivity (Wildman–Crippen MR) is 112 cm³/mol. The number of benzene rings is 1. The van der Waals surface area contributed by atoms with E-state index in [1.807, 2.05) is 6.07 Å². The van der Waals surface area contributed by atoms with Crippen molar-refractivity contribution in [2.75, 3.05) is 19.0 Å². The average Bonchev–Trinajstić information content (AvgIpc) is 3.40. The Morgan fingerprint density at radius 1 is 1.33 bits per heavy atom. The quantitative estimate of drug-likeness (QED) is 0.524. The van der Waals surface area contributed by atoms with Crippen LogP contribution in [-0.2, 0) is 25.6 Å². The maximum absolute atomic E-state index is 12.5. The van der Waals surface area contributed by atoms with E-state index in [0.717, 1.165) is 0 Å². The van der Waals surface area contributed by atoms with Gasteiger partial charge in [-0.25, -0.2) is 15.0 Å². The van der Waals surface area contributed by atoms with Crippen LogP contribution in [0.2, 0.25) is 0 Å². The first-order chi connectivity index (χ1) is 14.5. The SMILES string of the molecule is COP(O)(=S)OCC1CCC(n2cnc3c(NC(=O)c4ccccc4)ncnc32)O1. The maximum Gasteiger partial charge on any atom is 0.324 e. The largest absolute Gasteiger partial charge is 0.352 e. The fourth-order valence-electron chi connectivity index (χ4n) is 3.17. The van der Waals surface area contributed by atoms with Crippen LogP contribution in [0.5, 0.6) is 0 Å². The zero-order valence-electron chi connectivity index (χ0n) is 16.0. The third kappa shape index (κ3) is 4.56. The molecule has 3 aromatic rings. The monoisotopic (exact) mass is 449 g/mol. The highest BCUT2D eigenvalue weighted by Gasteiger charge is 2.30. The second kappa shape index (κ2) is 8.84. The molecule has 12 heteroatoms. The second-order valence-corrected chi connectivity index (χ2v) is 9.55. The maximum atomic E-state index is 12.5. The van der Waals surface area contributed by atoms with Gasteiger partial charge < -0.3 is 24.0 Å². The Bertz CT molecular complexity index is 1100. The van der Waals surface area contributed by atoms with Crippen molar-refractivity contribution in [2.45, 2.75) is 25.2 Å². The van der Waals surface area contributed by atoms with E-state index in [0.29, 0.717) is 35.4 Å². The lowest BCUT2D eigenvalue weighted by molar-refractivity contribution is -0.0184. The Morgan fingerprint density at radius 3 is 2.90 bits per heavy atom. The lowest BCUT2D eigenvalue weighted by Gasteiger charge is -2.18. The van der Waals surface area contributed by atoms with Crippen molar-refractivity contribution in [2.24, 2.45) is 0 Å². The minimum Gasteiger partial charge on any atom is -0.352 e. The fourth-order valence-corrected chi connectivity index (χ4v) is 3.81. The number of fused-ring (bicyclic) bond motifs is 1. The van der Waals surface area contributed by atoms with Gasteiger partial charge in [0.15, 0.2) is 17.0 Å². The van der Waals surface area contributed by atoms with Gasteiger partial charge >= 0.3 is 6.72 Å². The number of carbonyl (C=O) groups is 1. The molecular formula is C18H20N5O5PS. The molecule has 3 unspecified atom stereocenters. The van der Waals surface area contributed by atoms with Gasteiger partial charge in [0.05, 0.1) is 19.0 Å². The highest BCUT2D eigenvalue weighted by Crippen LogP contribution is 2.43. The van der Waals surface area contributed by atoms with Gasteiger partial charge in [0, 0.05) is 12.7 Å². The molecule has 0 saturated carbocycles. The van der Waals surface area contributed by atoms with Crippen molar-refractivity contribution in [1.29, 1.82) is 0 Å². The van der Waals surface area contributed by atoms with E-state index in [9.17, 15) is 9.69 Å². The second-order valence-electron chi connectivity index (χ2n) is 6.60. The zero-order valence-corrected chi connectivity index (χ0v) is 17.8. The van der Waals surface area contributed by atoms with Crippen molar-refractivity contribution < 1.29 is 23.5 Å². The summed E-state index contributed by atoms with van der Waals surface area (Å²) in [7, 11) is 1.31. The first kappa shape index (κ1) is 21.0. The normalized spacial score (nSPS) is 20.9. The Morgan fingerprint density at radius 2 is 2.13 bits per heavy atom. The number of anilines is 1. The van der Waals surface area contributed by atoms with E-state index in [-0.39, 0.29) is 24.8 Å². The molecule has 1 saturated heterocycles. The van der Waals surface area contributed by atoms with Crippen LogP contribution in [0.4, 0.5) is 5.82 Å². The molecule has 1 aliphatic rings. The Hall–Kier alpha value is -2.27. The summed E-state index contributed by atoms with van der Waals surface area (Å²) in [4.78, 5) is 35.0. The number of hydrogen-bond acceptors (Lipinski definition) is 8. The smallest absolute Gasteiger partial charge is 0.324 e. The van der Waals surface area contributed by atoms with Crippen molar-refractivity contribution >= 4 is 41.4 Å². The third-order valence-corrected chi connectivity index (χ3v) is 6.38. The molecule has 1 amide bonds. The van der Waals surface area contributed by atoms with E-state index in [1.165, 1.54) is 13.4 Å². The number of hydrogen-bond donors (Lipinski definition) is 2. The topological polar surface area (TPSA) is 121 Å². The zero-order chi connectivity index (χ0) is 21.1. The Kier molecular flexibility index (Phi) is 6.19. The number of ether oxygens (including phenoxy) is 1. The first-order valence-corrected chi connectivity index (χ1v) is 11.8. The van der Waals surface area contributed by atoms with Crippen LogP contribution in [0.3, 0.4) is 0 Å². The lowest BCUT2D eigenvalue weighted by Crippen LogP contribution is -2.16. The van der Waals surface area contributed by atoms with E-state index in [2.05, 4.69) is 20.3 Å². The summed E-state index contributed by atoms with van der Waals surface area (Å²) in [5, 5.41) is 2.78. The molecule has 3 atom stereocenters. The molecule has 1 aromatic carbocycles. The van der Waals surface area contributed by atoms with E-state index in [4.69, 9.17) is 25.6 Å². The third-order valence-electron chi connectivity index (χ3n) is 4.68. The van der Waals surface area contributed by atoms with E-state index >= 15 is 0 Å². The molecule has 1 aliphatic heterocycles. The molecule has 158 valence electrons. The Labute approximate surface area is 177 Å². The minimum atomic E-state index is -3.22. The van der Waals surface area contributed by atoms with Gasteiger partial charge in [-0.1, -0.05) is 18.2 Å². The molecule has 0 bridgehead atoms. The van der Waals surface area contributed by atoms with Crippen LogP contribution < -0.4 is 5.32 Å². The van der Waals surface area contributed by atoms with Gasteiger partial charge in [-0.2, -0.15) is 0 Å². The van der Waals surface area contributed by atoms with Crippen LogP contribution in [0.25, 0.3) is 11.2 Å². The minimum absolute atomic E-state index is 0.137. The van der Waals surface area contributed by atoms with Gasteiger partial charge in [-0.15, -0.1) is 0 Å². The van der Waals surface area contributed by atoms with Crippen LogP contribution >= 0.6 is 6.72 Å². The fraction of sp³-hybridized carbons (Fsp3) is 0.333. The van der Waals surface area contributed by atoms with Crippen LogP contribution in [0.15, 0.2) is 43.0 Å². The van der Waals surface area contributed by atoms with Crippen LogP contribution in [-0.4, -0.2) is 50.1 Å². The van der Waals surface area contributed by atoms with E-state index < -0.39 is 6.72 Å². The summed E-state index contributed by atoms with van der Waals surface area (Å²) in [5.41, 5.74) is 1.53. The molecule has 1 fully saturated rings. The highest BCUT2D eigenvalue weighted by atomic mass is 32.5. The van der Waals surface area contributed by atoms with Gasteiger partial charge in [-0.05, 0) is 36.8 Å². The summed E-state index contributed by atoms with van der Waals surface area (Å²) >= 11 is 4.84. The molecule has 3 heterocycles. The highest BCUT2D eigenvalue weighted by molar-refractivity contribution is 8.07. The molecular weight excluding hydrogens is 429 g/mol. The van der Waals surface area contributed by atoms with E-state index in [1.54, 1.807) is 35.2 Å². The molecule has 30 heavy (non-hydrogen) atoms. The number of carbonyl (C=O) groups excluding carboxylic acids is 1. The molecule has 10 nitrogen and oxygen atoms in total. The summed E-state index contributed by atoms with van der Waals surface area (Å²) in [6.07, 6.45) is 3.85. The van der Waals surface area contributed by atoms with Crippen molar-refractivity contribution in [3.63, 3.8) is 0 Å². The average molecular weight is 449 g/mol. The molecule has 0 spiro atoms. The number of nitrogens with one attached hydrogen (secondary N) is 1. The first-order valence-electron chi connectivity index (χ1n) is 9.19. The molecule has 2 aromatic heterocycles. The lowest BCUT2D eigenvalue weighted by atomic mass is 10.2. The molecule has 4 rings (SSSR count). The number of imidazole rings is 1. The summed E-state index contributed by atoms with van der Waals surface area (Å²) in [6, 6.07) is 8.86. The Balaban J connectivity index is 1.48. The van der Waals surface area contributed by atoms with Gasteiger partial charge in [-0.3, -0.25) is 9.36 Å². The number of rotatable bonds is 7. The van der Waals surface area contributed by atoms with Gasteiger partial charge in [0.2, 0.25) is 0 Å². The predicted octanol–water partition coefficient (Wildman–Crippen LogP) is 2.64. The van der Waals surface area contributed by atoms with Gasteiger partial charge in [0.1, 0.15) is 12.6 Å². The standard InChI is InChI=1S/C18H20N5O5PS/c1-26-29(25,30)27-9-13-7-8-14(28-13)23-11-21-15-16(19-10-20-17(15)23)22-18(24)12-5-3-2-4-6-12/h2-6,10-11,13-14H,7-9H2,1H3,(H,25,30)(H,19,20,22,24).